The van der Waals surface area contributed by atoms with E-state index in [1.165, 1.54) is 5.56 Å². The Labute approximate surface area is 112 Å². The van der Waals surface area contributed by atoms with Gasteiger partial charge < -0.3 is 10.1 Å². The molecular weight excluding hydrogens is 222 g/mol. The predicted octanol–water partition coefficient (Wildman–Crippen LogP) is 3.44. The van der Waals surface area contributed by atoms with E-state index >= 15 is 0 Å². The molecule has 0 aliphatic rings. The van der Waals surface area contributed by atoms with Gasteiger partial charge in [-0.25, -0.2) is 0 Å². The molecule has 2 nitrogen and oxygen atoms in total. The molecule has 18 heavy (non-hydrogen) atoms. The van der Waals surface area contributed by atoms with Gasteiger partial charge in [-0.1, -0.05) is 51.1 Å². The third kappa shape index (κ3) is 6.18. The molecule has 0 amide bonds. The van der Waals surface area contributed by atoms with Crippen molar-refractivity contribution in [3.63, 3.8) is 0 Å². The van der Waals surface area contributed by atoms with E-state index in [9.17, 15) is 0 Å². The summed E-state index contributed by atoms with van der Waals surface area (Å²) in [5.74, 6) is 1.17. The molecule has 1 N–H and O–H groups in total. The van der Waals surface area contributed by atoms with E-state index in [0.717, 1.165) is 32.7 Å². The van der Waals surface area contributed by atoms with Crippen LogP contribution in [0.25, 0.3) is 0 Å². The van der Waals surface area contributed by atoms with Crippen molar-refractivity contribution in [2.75, 3.05) is 26.3 Å². The number of likely N-dealkylation sites (N-methyl/N-ethyl adjacent to an activating group) is 1. The van der Waals surface area contributed by atoms with Crippen molar-refractivity contribution in [3.05, 3.63) is 35.9 Å². The second kappa shape index (κ2) is 9.12. The van der Waals surface area contributed by atoms with Crippen molar-refractivity contribution in [1.82, 2.24) is 5.32 Å². The molecule has 0 fully saturated rings. The number of nitrogens with one attached hydrogen (secondary N) is 1. The van der Waals surface area contributed by atoms with E-state index in [2.05, 4.69) is 56.4 Å². The molecule has 102 valence electrons. The van der Waals surface area contributed by atoms with Gasteiger partial charge in [0.2, 0.25) is 0 Å². The minimum atomic E-state index is 0.554. The highest BCUT2D eigenvalue weighted by Crippen LogP contribution is 2.18. The Morgan fingerprint density at radius 2 is 1.89 bits per heavy atom. The van der Waals surface area contributed by atoms with Crippen LogP contribution in [-0.2, 0) is 4.74 Å². The molecule has 1 aromatic rings. The molecule has 0 aliphatic heterocycles. The lowest BCUT2D eigenvalue weighted by Crippen LogP contribution is -2.22. The van der Waals surface area contributed by atoms with Gasteiger partial charge in [0.1, 0.15) is 0 Å². The van der Waals surface area contributed by atoms with Gasteiger partial charge in [0, 0.05) is 19.8 Å². The highest BCUT2D eigenvalue weighted by molar-refractivity contribution is 5.19. The summed E-state index contributed by atoms with van der Waals surface area (Å²) in [7, 11) is 0. The molecule has 1 atom stereocenters. The molecule has 0 bridgehead atoms. The van der Waals surface area contributed by atoms with Crippen LogP contribution in [0.15, 0.2) is 30.3 Å². The Morgan fingerprint density at radius 3 is 2.50 bits per heavy atom. The monoisotopic (exact) mass is 249 g/mol. The van der Waals surface area contributed by atoms with Crippen LogP contribution in [0, 0.1) is 5.92 Å². The van der Waals surface area contributed by atoms with Crippen molar-refractivity contribution in [2.45, 2.75) is 33.1 Å². The van der Waals surface area contributed by atoms with Gasteiger partial charge in [-0.2, -0.15) is 0 Å². The van der Waals surface area contributed by atoms with Crippen LogP contribution in [0.3, 0.4) is 0 Å². The zero-order valence-electron chi connectivity index (χ0n) is 12.0. The second-order valence-corrected chi connectivity index (χ2v) is 5.17. The lowest BCUT2D eigenvalue weighted by atomic mass is 9.96. The lowest BCUT2D eigenvalue weighted by Gasteiger charge is -2.18. The first kappa shape index (κ1) is 15.2. The highest BCUT2D eigenvalue weighted by atomic mass is 16.5. The molecule has 0 radical (unpaired) electrons. The van der Waals surface area contributed by atoms with E-state index in [-0.39, 0.29) is 0 Å². The van der Waals surface area contributed by atoms with Crippen LogP contribution >= 0.6 is 0 Å². The standard InChI is InChI=1S/C16H27NO/c1-4-17-12-16(10-11-18-13-14(2)3)15-8-6-5-7-9-15/h5-9,14,16-17H,4,10-13H2,1-3H3. The predicted molar refractivity (Wildman–Crippen MR) is 78.0 cm³/mol. The molecule has 2 heteroatoms. The Hall–Kier alpha value is -0.860. The molecule has 1 rings (SSSR count). The largest absolute Gasteiger partial charge is 0.381 e. The number of hydrogen-bond donors (Lipinski definition) is 1. The van der Waals surface area contributed by atoms with Crippen LogP contribution in [0.5, 0.6) is 0 Å². The summed E-state index contributed by atoms with van der Waals surface area (Å²) < 4.78 is 5.70. The van der Waals surface area contributed by atoms with Gasteiger partial charge in [-0.05, 0) is 30.4 Å². The van der Waals surface area contributed by atoms with E-state index in [4.69, 9.17) is 4.74 Å². The summed E-state index contributed by atoms with van der Waals surface area (Å²) in [4.78, 5) is 0. The maximum Gasteiger partial charge on any atom is 0.0488 e. The zero-order chi connectivity index (χ0) is 13.2. The first-order chi connectivity index (χ1) is 8.74. The average Bonchev–Trinajstić information content (AvgIpc) is 2.38. The quantitative estimate of drug-likeness (QED) is 0.677. The van der Waals surface area contributed by atoms with Crippen molar-refractivity contribution in [3.8, 4) is 0 Å². The number of hydrogen-bond acceptors (Lipinski definition) is 2. The van der Waals surface area contributed by atoms with Gasteiger partial charge >= 0.3 is 0 Å². The minimum Gasteiger partial charge on any atom is -0.381 e. The molecular formula is C16H27NO. The van der Waals surface area contributed by atoms with E-state index in [1.807, 2.05) is 0 Å². The second-order valence-electron chi connectivity index (χ2n) is 5.17. The van der Waals surface area contributed by atoms with Gasteiger partial charge in [0.15, 0.2) is 0 Å². The minimum absolute atomic E-state index is 0.554. The van der Waals surface area contributed by atoms with Crippen LogP contribution in [0.2, 0.25) is 0 Å². The van der Waals surface area contributed by atoms with Crippen LogP contribution in [-0.4, -0.2) is 26.3 Å². The summed E-state index contributed by atoms with van der Waals surface area (Å²) in [6.45, 7) is 10.3. The van der Waals surface area contributed by atoms with Crippen molar-refractivity contribution in [2.24, 2.45) is 5.92 Å². The Morgan fingerprint density at radius 1 is 1.17 bits per heavy atom. The maximum atomic E-state index is 5.70. The molecule has 0 saturated carbocycles. The van der Waals surface area contributed by atoms with E-state index < -0.39 is 0 Å². The summed E-state index contributed by atoms with van der Waals surface area (Å²) in [5.41, 5.74) is 1.41. The van der Waals surface area contributed by atoms with Crippen molar-refractivity contribution >= 4 is 0 Å². The third-order valence-corrected chi connectivity index (χ3v) is 2.97. The zero-order valence-corrected chi connectivity index (χ0v) is 12.0. The number of benzene rings is 1. The summed E-state index contributed by atoms with van der Waals surface area (Å²) in [6, 6.07) is 10.7. The first-order valence-electron chi connectivity index (χ1n) is 7.07. The lowest BCUT2D eigenvalue weighted by molar-refractivity contribution is 0.103. The summed E-state index contributed by atoms with van der Waals surface area (Å²) in [5, 5.41) is 3.44. The Bertz CT molecular complexity index is 297. The third-order valence-electron chi connectivity index (χ3n) is 2.97. The van der Waals surface area contributed by atoms with Crippen LogP contribution in [0.4, 0.5) is 0 Å². The van der Waals surface area contributed by atoms with E-state index in [0.29, 0.717) is 11.8 Å². The maximum absolute atomic E-state index is 5.70. The fourth-order valence-electron chi connectivity index (χ4n) is 1.97. The molecule has 0 saturated heterocycles. The van der Waals surface area contributed by atoms with Gasteiger partial charge in [-0.3, -0.25) is 0 Å². The van der Waals surface area contributed by atoms with Crippen LogP contribution in [0.1, 0.15) is 38.7 Å². The SMILES string of the molecule is CCNCC(CCOCC(C)C)c1ccccc1. The Kier molecular flexibility index (Phi) is 7.70. The molecule has 1 unspecified atom stereocenters. The Balaban J connectivity index is 2.41. The number of ether oxygens (including phenoxy) is 1. The van der Waals surface area contributed by atoms with Crippen molar-refractivity contribution in [1.29, 1.82) is 0 Å². The molecule has 1 aromatic carbocycles. The van der Waals surface area contributed by atoms with E-state index in [1.54, 1.807) is 0 Å². The van der Waals surface area contributed by atoms with Gasteiger partial charge in [0.25, 0.3) is 0 Å². The smallest absolute Gasteiger partial charge is 0.0488 e. The number of rotatable bonds is 9. The van der Waals surface area contributed by atoms with Crippen molar-refractivity contribution < 1.29 is 4.74 Å². The highest BCUT2D eigenvalue weighted by Gasteiger charge is 2.10. The average molecular weight is 249 g/mol. The summed E-state index contributed by atoms with van der Waals surface area (Å²) in [6.07, 6.45) is 1.09. The topological polar surface area (TPSA) is 21.3 Å². The van der Waals surface area contributed by atoms with Crippen LogP contribution < -0.4 is 5.32 Å². The first-order valence-corrected chi connectivity index (χ1v) is 7.07. The fraction of sp³-hybridized carbons (Fsp3) is 0.625. The summed E-state index contributed by atoms with van der Waals surface area (Å²) >= 11 is 0. The molecule has 0 aliphatic carbocycles. The molecule has 0 spiro atoms. The molecule has 0 heterocycles. The normalized spacial score (nSPS) is 12.9. The van der Waals surface area contributed by atoms with Gasteiger partial charge in [-0.15, -0.1) is 0 Å². The molecule has 0 aromatic heterocycles. The van der Waals surface area contributed by atoms with Gasteiger partial charge in [0.05, 0.1) is 0 Å². The fourth-order valence-corrected chi connectivity index (χ4v) is 1.97.